The molecule has 0 aromatic rings. The normalized spacial score (nSPS) is 17.6. The van der Waals surface area contributed by atoms with E-state index < -0.39 is 35.7 Å². The average molecular weight is 483 g/mol. The second-order valence-electron chi connectivity index (χ2n) is 9.51. The minimum atomic E-state index is -0.932. The van der Waals surface area contributed by atoms with Gasteiger partial charge in [-0.2, -0.15) is 0 Å². The van der Waals surface area contributed by atoms with Gasteiger partial charge in [0.1, 0.15) is 0 Å². The van der Waals surface area contributed by atoms with Crippen LogP contribution in [0.4, 0.5) is 0 Å². The van der Waals surface area contributed by atoms with Gasteiger partial charge in [-0.25, -0.2) is 0 Å². The SMILES string of the molecule is CCC(CCCCC(=O)O)C(C(=O)O)C1=C(C(C(=O)O)C(CC)CCCCC(=O)O)CCCC1. The van der Waals surface area contributed by atoms with E-state index in [1.165, 1.54) is 0 Å². The molecular weight excluding hydrogens is 440 g/mol. The Bertz CT molecular complexity index is 666. The zero-order valence-electron chi connectivity index (χ0n) is 20.6. The summed E-state index contributed by atoms with van der Waals surface area (Å²) in [6.45, 7) is 3.87. The maximum absolute atomic E-state index is 12.5. The molecule has 8 nitrogen and oxygen atoms in total. The standard InChI is InChI=1S/C26H42O8/c1-3-17(11-5-9-15-21(27)28)23(25(31)32)19-13-7-8-14-20(19)24(26(33)34)18(4-2)12-6-10-16-22(29)30/h17-18,23-24H,3-16H2,1-2H3,(H,27,28)(H,29,30)(H,31,32)(H,33,34). The monoisotopic (exact) mass is 482 g/mol. The van der Waals surface area contributed by atoms with Gasteiger partial charge in [-0.3, -0.25) is 19.2 Å². The number of carbonyl (C=O) groups is 4. The van der Waals surface area contributed by atoms with Crippen LogP contribution in [0.25, 0.3) is 0 Å². The van der Waals surface area contributed by atoms with E-state index in [1.807, 2.05) is 13.8 Å². The average Bonchev–Trinajstić information content (AvgIpc) is 2.77. The molecule has 4 atom stereocenters. The smallest absolute Gasteiger partial charge is 0.310 e. The van der Waals surface area contributed by atoms with Crippen molar-refractivity contribution in [3.63, 3.8) is 0 Å². The zero-order chi connectivity index (χ0) is 25.7. The molecule has 4 unspecified atom stereocenters. The highest BCUT2D eigenvalue weighted by Gasteiger charge is 2.38. The molecule has 1 aliphatic rings. The van der Waals surface area contributed by atoms with Gasteiger partial charge < -0.3 is 20.4 Å². The fourth-order valence-corrected chi connectivity index (χ4v) is 5.51. The number of rotatable bonds is 18. The summed E-state index contributed by atoms with van der Waals surface area (Å²) < 4.78 is 0. The highest BCUT2D eigenvalue weighted by molar-refractivity contribution is 5.78. The van der Waals surface area contributed by atoms with Crippen molar-refractivity contribution in [3.8, 4) is 0 Å². The molecule has 34 heavy (non-hydrogen) atoms. The van der Waals surface area contributed by atoms with E-state index in [0.29, 0.717) is 64.2 Å². The van der Waals surface area contributed by atoms with E-state index >= 15 is 0 Å². The molecule has 0 heterocycles. The summed E-state index contributed by atoms with van der Waals surface area (Å²) >= 11 is 0. The van der Waals surface area contributed by atoms with Gasteiger partial charge in [0, 0.05) is 12.8 Å². The van der Waals surface area contributed by atoms with E-state index in [2.05, 4.69) is 0 Å². The van der Waals surface area contributed by atoms with Gasteiger partial charge in [-0.05, 0) is 63.2 Å². The Hall–Kier alpha value is -2.38. The van der Waals surface area contributed by atoms with Crippen LogP contribution in [-0.2, 0) is 19.2 Å². The maximum atomic E-state index is 12.5. The van der Waals surface area contributed by atoms with Crippen LogP contribution < -0.4 is 0 Å². The molecule has 1 rings (SSSR count). The number of carboxylic acid groups (broad SMARTS) is 4. The van der Waals surface area contributed by atoms with Crippen molar-refractivity contribution in [1.29, 1.82) is 0 Å². The van der Waals surface area contributed by atoms with Crippen LogP contribution in [0.3, 0.4) is 0 Å². The van der Waals surface area contributed by atoms with Crippen LogP contribution in [0.5, 0.6) is 0 Å². The Morgan fingerprint density at radius 3 is 1.26 bits per heavy atom. The number of hydrogen-bond donors (Lipinski definition) is 4. The predicted molar refractivity (Wildman–Crippen MR) is 128 cm³/mol. The topological polar surface area (TPSA) is 149 Å². The minimum Gasteiger partial charge on any atom is -0.481 e. The summed E-state index contributed by atoms with van der Waals surface area (Å²) in [5.74, 6) is -5.43. The molecule has 0 saturated heterocycles. The molecule has 0 spiro atoms. The molecule has 0 fully saturated rings. The molecule has 0 aromatic heterocycles. The van der Waals surface area contributed by atoms with Gasteiger partial charge in [0.2, 0.25) is 0 Å². The molecule has 4 N–H and O–H groups in total. The Morgan fingerprint density at radius 2 is 1.00 bits per heavy atom. The molecule has 0 amide bonds. The minimum absolute atomic E-state index is 0.0588. The predicted octanol–water partition coefficient (Wildman–Crippen LogP) is 5.60. The molecular formula is C26H42O8. The fourth-order valence-electron chi connectivity index (χ4n) is 5.51. The third-order valence-corrected chi connectivity index (χ3v) is 7.26. The quantitative estimate of drug-likeness (QED) is 0.146. The lowest BCUT2D eigenvalue weighted by molar-refractivity contribution is -0.144. The van der Waals surface area contributed by atoms with Gasteiger partial charge in [-0.1, -0.05) is 50.7 Å². The van der Waals surface area contributed by atoms with Gasteiger partial charge >= 0.3 is 23.9 Å². The van der Waals surface area contributed by atoms with E-state index in [1.54, 1.807) is 0 Å². The third kappa shape index (κ3) is 9.47. The van der Waals surface area contributed by atoms with Crippen molar-refractivity contribution in [2.45, 2.75) is 104 Å². The number of hydrogen-bond acceptors (Lipinski definition) is 4. The lowest BCUT2D eigenvalue weighted by atomic mass is 9.69. The molecule has 194 valence electrons. The van der Waals surface area contributed by atoms with Crippen molar-refractivity contribution in [2.75, 3.05) is 0 Å². The first-order valence-corrected chi connectivity index (χ1v) is 12.7. The van der Waals surface area contributed by atoms with Gasteiger partial charge in [0.05, 0.1) is 11.8 Å². The first-order valence-electron chi connectivity index (χ1n) is 12.7. The summed E-state index contributed by atoms with van der Waals surface area (Å²) in [4.78, 5) is 46.6. The van der Waals surface area contributed by atoms with Crippen molar-refractivity contribution in [3.05, 3.63) is 11.1 Å². The Kier molecular flexibility index (Phi) is 13.5. The number of carboxylic acids is 4. The maximum Gasteiger partial charge on any atom is 0.310 e. The molecule has 0 radical (unpaired) electrons. The summed E-state index contributed by atoms with van der Waals surface area (Å²) in [5, 5.41) is 38.2. The first kappa shape index (κ1) is 29.7. The molecule has 1 aliphatic carbocycles. The Labute approximate surface area is 202 Å². The van der Waals surface area contributed by atoms with Crippen molar-refractivity contribution >= 4 is 23.9 Å². The summed E-state index contributed by atoms with van der Waals surface area (Å²) in [7, 11) is 0. The van der Waals surface area contributed by atoms with Gasteiger partial charge in [0.15, 0.2) is 0 Å². The lowest BCUT2D eigenvalue weighted by Crippen LogP contribution is -2.33. The summed E-state index contributed by atoms with van der Waals surface area (Å²) in [5.41, 5.74) is 1.53. The zero-order valence-corrected chi connectivity index (χ0v) is 20.6. The second-order valence-corrected chi connectivity index (χ2v) is 9.51. The van der Waals surface area contributed by atoms with Crippen molar-refractivity contribution in [2.24, 2.45) is 23.7 Å². The van der Waals surface area contributed by atoms with Crippen LogP contribution in [0.2, 0.25) is 0 Å². The van der Waals surface area contributed by atoms with Crippen LogP contribution in [0.15, 0.2) is 11.1 Å². The first-order chi connectivity index (χ1) is 16.1. The van der Waals surface area contributed by atoms with Crippen molar-refractivity contribution in [1.82, 2.24) is 0 Å². The van der Waals surface area contributed by atoms with E-state index in [9.17, 15) is 29.4 Å². The highest BCUT2D eigenvalue weighted by atomic mass is 16.4. The van der Waals surface area contributed by atoms with E-state index in [-0.39, 0.29) is 24.7 Å². The second kappa shape index (κ2) is 15.5. The molecule has 8 heteroatoms. The Morgan fingerprint density at radius 1 is 0.647 bits per heavy atom. The van der Waals surface area contributed by atoms with Crippen LogP contribution in [-0.4, -0.2) is 44.3 Å². The third-order valence-electron chi connectivity index (χ3n) is 7.26. The van der Waals surface area contributed by atoms with E-state index in [4.69, 9.17) is 10.2 Å². The summed E-state index contributed by atoms with van der Waals surface area (Å²) in [6.07, 6.45) is 7.65. The summed E-state index contributed by atoms with van der Waals surface area (Å²) in [6, 6.07) is 0. The highest BCUT2D eigenvalue weighted by Crippen LogP contribution is 2.43. The Balaban J connectivity index is 3.23. The molecule has 0 saturated carbocycles. The van der Waals surface area contributed by atoms with Crippen LogP contribution in [0.1, 0.15) is 104 Å². The number of aliphatic carboxylic acids is 4. The van der Waals surface area contributed by atoms with Gasteiger partial charge in [0.25, 0.3) is 0 Å². The fraction of sp³-hybridized carbons (Fsp3) is 0.769. The van der Waals surface area contributed by atoms with Gasteiger partial charge in [-0.15, -0.1) is 0 Å². The molecule has 0 aliphatic heterocycles. The van der Waals surface area contributed by atoms with Crippen LogP contribution in [0, 0.1) is 23.7 Å². The molecule has 0 bridgehead atoms. The molecule has 0 aromatic carbocycles. The van der Waals surface area contributed by atoms with Crippen molar-refractivity contribution < 1.29 is 39.6 Å². The lowest BCUT2D eigenvalue weighted by Gasteiger charge is -2.35. The number of unbranched alkanes of at least 4 members (excludes halogenated alkanes) is 2. The largest absolute Gasteiger partial charge is 0.481 e. The van der Waals surface area contributed by atoms with E-state index in [0.717, 1.165) is 24.0 Å². The van der Waals surface area contributed by atoms with Crippen LogP contribution >= 0.6 is 0 Å².